The maximum Gasteiger partial charge on any atom is 0.256 e. The number of rotatable bonds is 3. The average molecular weight is 382 g/mol. The number of aryl methyl sites for hydroxylation is 1. The van der Waals surface area contributed by atoms with E-state index in [9.17, 15) is 14.0 Å². The molecule has 2 amide bonds. The molecule has 3 N–H and O–H groups in total. The van der Waals surface area contributed by atoms with Crippen LogP contribution in [-0.4, -0.2) is 41.3 Å². The van der Waals surface area contributed by atoms with Crippen LogP contribution in [0.1, 0.15) is 35.4 Å². The van der Waals surface area contributed by atoms with Crippen molar-refractivity contribution in [3.05, 3.63) is 46.5 Å². The van der Waals surface area contributed by atoms with Gasteiger partial charge in [-0.05, 0) is 70.1 Å². The molecule has 2 aliphatic heterocycles. The van der Waals surface area contributed by atoms with E-state index < -0.39 is 5.82 Å². The van der Waals surface area contributed by atoms with Crippen molar-refractivity contribution in [3.8, 4) is 0 Å². The van der Waals surface area contributed by atoms with Crippen LogP contribution in [-0.2, 0) is 9.59 Å². The number of likely N-dealkylation sites (tertiary alicyclic amines) is 1. The van der Waals surface area contributed by atoms with E-state index in [1.165, 1.54) is 12.1 Å². The summed E-state index contributed by atoms with van der Waals surface area (Å²) in [6, 6.07) is 4.11. The highest BCUT2D eigenvalue weighted by molar-refractivity contribution is 6.34. The highest BCUT2D eigenvalue weighted by atomic mass is 19.1. The molecule has 4 rings (SSSR count). The number of H-pyrrole nitrogens is 1. The van der Waals surface area contributed by atoms with Gasteiger partial charge >= 0.3 is 0 Å². The summed E-state index contributed by atoms with van der Waals surface area (Å²) in [6.45, 7) is 4.69. The third-order valence-electron chi connectivity index (χ3n) is 5.60. The summed E-state index contributed by atoms with van der Waals surface area (Å²) in [5.74, 6) is -0.685. The lowest BCUT2D eigenvalue weighted by molar-refractivity contribution is -0.120. The van der Waals surface area contributed by atoms with Crippen LogP contribution in [0.5, 0.6) is 0 Å². The van der Waals surface area contributed by atoms with Crippen LogP contribution in [0.4, 0.5) is 15.8 Å². The molecule has 1 fully saturated rings. The molecule has 6 nitrogen and oxygen atoms in total. The largest absolute Gasteiger partial charge is 0.357 e. The first-order valence-corrected chi connectivity index (χ1v) is 9.38. The molecule has 146 valence electrons. The normalized spacial score (nSPS) is 20.5. The highest BCUT2D eigenvalue weighted by Crippen LogP contribution is 2.35. The predicted octanol–water partition coefficient (Wildman–Crippen LogP) is 3.30. The van der Waals surface area contributed by atoms with E-state index in [-0.39, 0.29) is 17.9 Å². The molecule has 1 aromatic heterocycles. The van der Waals surface area contributed by atoms with Gasteiger partial charge in [-0.3, -0.25) is 14.5 Å². The Kier molecular flexibility index (Phi) is 4.55. The third-order valence-corrected chi connectivity index (χ3v) is 5.60. The molecule has 7 heteroatoms. The Hall–Kier alpha value is -2.93. The van der Waals surface area contributed by atoms with Gasteiger partial charge in [-0.25, -0.2) is 4.39 Å². The van der Waals surface area contributed by atoms with E-state index in [1.807, 2.05) is 20.9 Å². The van der Waals surface area contributed by atoms with Crippen LogP contribution in [0.2, 0.25) is 0 Å². The monoisotopic (exact) mass is 382 g/mol. The Balaban J connectivity index is 1.65. The molecule has 1 saturated heterocycles. The molecule has 0 spiro atoms. The van der Waals surface area contributed by atoms with Crippen molar-refractivity contribution in [2.45, 2.75) is 32.7 Å². The number of hydrogen-bond acceptors (Lipinski definition) is 3. The van der Waals surface area contributed by atoms with Gasteiger partial charge in [-0.15, -0.1) is 0 Å². The fourth-order valence-corrected chi connectivity index (χ4v) is 4.00. The van der Waals surface area contributed by atoms with Crippen LogP contribution in [0, 0.1) is 19.7 Å². The Morgan fingerprint density at radius 3 is 2.86 bits per heavy atom. The Labute approximate surface area is 162 Å². The number of aromatic amines is 1. The van der Waals surface area contributed by atoms with E-state index >= 15 is 0 Å². The van der Waals surface area contributed by atoms with Gasteiger partial charge in [-0.1, -0.05) is 0 Å². The highest BCUT2D eigenvalue weighted by Gasteiger charge is 2.29. The van der Waals surface area contributed by atoms with E-state index in [0.29, 0.717) is 16.8 Å². The van der Waals surface area contributed by atoms with Gasteiger partial charge in [0.1, 0.15) is 5.82 Å². The van der Waals surface area contributed by atoms with Crippen molar-refractivity contribution in [1.29, 1.82) is 0 Å². The number of fused-ring (bicyclic) bond motifs is 1. The maximum absolute atomic E-state index is 13.6. The van der Waals surface area contributed by atoms with Crippen molar-refractivity contribution in [3.63, 3.8) is 0 Å². The number of carbonyl (C=O) groups excluding carboxylic acids is 2. The SMILES string of the molecule is Cc1[nH]c(/C=C2\C(=O)Nc3ccc(F)cc32)c(C)c1NC(=O)C1CCCN1C. The zero-order chi connectivity index (χ0) is 20.0. The Morgan fingerprint density at radius 2 is 2.14 bits per heavy atom. The van der Waals surface area contributed by atoms with Crippen molar-refractivity contribution in [1.82, 2.24) is 9.88 Å². The summed E-state index contributed by atoms with van der Waals surface area (Å²) < 4.78 is 13.6. The molecular formula is C21H23FN4O2. The first-order valence-electron chi connectivity index (χ1n) is 9.38. The number of likely N-dealkylation sites (N-methyl/N-ethyl adjacent to an activating group) is 1. The van der Waals surface area contributed by atoms with Gasteiger partial charge < -0.3 is 15.6 Å². The third kappa shape index (κ3) is 3.11. The van der Waals surface area contributed by atoms with Crippen molar-refractivity contribution in [2.24, 2.45) is 0 Å². The van der Waals surface area contributed by atoms with Crippen LogP contribution in [0.25, 0.3) is 11.6 Å². The summed E-state index contributed by atoms with van der Waals surface area (Å²) in [5, 5.41) is 5.78. The lowest BCUT2D eigenvalue weighted by Gasteiger charge is -2.18. The van der Waals surface area contributed by atoms with Gasteiger partial charge in [0.15, 0.2) is 0 Å². The van der Waals surface area contributed by atoms with Gasteiger partial charge in [-0.2, -0.15) is 0 Å². The van der Waals surface area contributed by atoms with Crippen LogP contribution in [0.15, 0.2) is 18.2 Å². The standard InChI is InChI=1S/C21H23FN4O2/c1-11-17(10-15-14-9-13(22)6-7-16(14)24-20(15)27)23-12(2)19(11)25-21(28)18-5-4-8-26(18)3/h6-7,9-10,18,23H,4-5,8H2,1-3H3,(H,24,27)(H,25,28)/b15-10-. The molecule has 1 unspecified atom stereocenters. The van der Waals surface area contributed by atoms with E-state index in [2.05, 4.69) is 20.5 Å². The average Bonchev–Trinajstić information content (AvgIpc) is 3.28. The quantitative estimate of drug-likeness (QED) is 0.713. The molecule has 1 aromatic carbocycles. The molecule has 2 aromatic rings. The van der Waals surface area contributed by atoms with Crippen LogP contribution in [0.3, 0.4) is 0 Å². The van der Waals surface area contributed by atoms with E-state index in [0.717, 1.165) is 42.0 Å². The molecule has 3 heterocycles. The van der Waals surface area contributed by atoms with E-state index in [4.69, 9.17) is 0 Å². The second-order valence-corrected chi connectivity index (χ2v) is 7.49. The molecule has 0 radical (unpaired) electrons. The predicted molar refractivity (Wildman–Crippen MR) is 107 cm³/mol. The fraction of sp³-hybridized carbons (Fsp3) is 0.333. The van der Waals surface area contributed by atoms with Gasteiger partial charge in [0.2, 0.25) is 5.91 Å². The Bertz CT molecular complexity index is 1010. The molecule has 2 aliphatic rings. The zero-order valence-corrected chi connectivity index (χ0v) is 16.1. The molecule has 0 aliphatic carbocycles. The minimum atomic E-state index is -0.394. The Morgan fingerprint density at radius 1 is 1.36 bits per heavy atom. The number of anilines is 2. The smallest absolute Gasteiger partial charge is 0.256 e. The second kappa shape index (κ2) is 6.91. The molecule has 28 heavy (non-hydrogen) atoms. The lowest BCUT2D eigenvalue weighted by atomic mass is 10.0. The van der Waals surface area contributed by atoms with Gasteiger partial charge in [0, 0.05) is 22.6 Å². The number of benzene rings is 1. The van der Waals surface area contributed by atoms with Crippen LogP contribution >= 0.6 is 0 Å². The number of hydrogen-bond donors (Lipinski definition) is 3. The number of aromatic nitrogens is 1. The molecule has 0 saturated carbocycles. The maximum atomic E-state index is 13.6. The number of amides is 2. The summed E-state index contributed by atoms with van der Waals surface area (Å²) in [7, 11) is 1.96. The van der Waals surface area contributed by atoms with E-state index in [1.54, 1.807) is 12.1 Å². The zero-order valence-electron chi connectivity index (χ0n) is 16.1. The molecular weight excluding hydrogens is 359 g/mol. The minimum absolute atomic E-state index is 0.0181. The summed E-state index contributed by atoms with van der Waals surface area (Å²) in [4.78, 5) is 30.3. The van der Waals surface area contributed by atoms with Gasteiger partial charge in [0.05, 0.1) is 17.3 Å². The number of halogens is 1. The first kappa shape index (κ1) is 18.4. The van der Waals surface area contributed by atoms with Crippen molar-refractivity contribution in [2.75, 3.05) is 24.2 Å². The topological polar surface area (TPSA) is 77.2 Å². The number of nitrogens with one attached hydrogen (secondary N) is 3. The van der Waals surface area contributed by atoms with Crippen molar-refractivity contribution >= 4 is 34.8 Å². The second-order valence-electron chi connectivity index (χ2n) is 7.49. The molecule has 1 atom stereocenters. The molecule has 0 bridgehead atoms. The van der Waals surface area contributed by atoms with Gasteiger partial charge in [0.25, 0.3) is 5.91 Å². The summed E-state index contributed by atoms with van der Waals surface area (Å²) >= 11 is 0. The first-order chi connectivity index (χ1) is 13.3. The summed E-state index contributed by atoms with van der Waals surface area (Å²) in [6.07, 6.45) is 3.58. The number of carbonyl (C=O) groups is 2. The fourth-order valence-electron chi connectivity index (χ4n) is 4.00. The van der Waals surface area contributed by atoms with Crippen molar-refractivity contribution < 1.29 is 14.0 Å². The van der Waals surface area contributed by atoms with Crippen LogP contribution < -0.4 is 10.6 Å². The minimum Gasteiger partial charge on any atom is -0.357 e. The lowest BCUT2D eigenvalue weighted by Crippen LogP contribution is -2.37. The number of nitrogens with zero attached hydrogens (tertiary/aromatic N) is 1. The summed E-state index contributed by atoms with van der Waals surface area (Å²) in [5.41, 5.74) is 4.64.